The van der Waals surface area contributed by atoms with Crippen LogP contribution >= 0.6 is 11.3 Å². The Morgan fingerprint density at radius 1 is 1.03 bits per heavy atom. The second-order valence-corrected chi connectivity index (χ2v) is 9.26. The highest BCUT2D eigenvalue weighted by atomic mass is 32.2. The van der Waals surface area contributed by atoms with Gasteiger partial charge in [-0.2, -0.15) is 9.57 Å². The molecular formula is C20H17FN4O2S2. The molecule has 0 amide bonds. The van der Waals surface area contributed by atoms with E-state index in [9.17, 15) is 18.1 Å². The van der Waals surface area contributed by atoms with Crippen LogP contribution in [-0.2, 0) is 10.0 Å². The second-order valence-electron chi connectivity index (χ2n) is 6.52. The first-order chi connectivity index (χ1) is 14.0. The third kappa shape index (κ3) is 3.87. The van der Waals surface area contributed by atoms with E-state index in [1.807, 2.05) is 16.3 Å². The number of rotatable bonds is 4. The van der Waals surface area contributed by atoms with Crippen molar-refractivity contribution in [2.24, 2.45) is 0 Å². The number of hydrogen-bond donors (Lipinski definition) is 0. The van der Waals surface area contributed by atoms with Crippen LogP contribution in [0.1, 0.15) is 5.56 Å². The first-order valence-electron chi connectivity index (χ1n) is 8.95. The number of thiazole rings is 1. The van der Waals surface area contributed by atoms with Crippen molar-refractivity contribution in [3.63, 3.8) is 0 Å². The lowest BCUT2D eigenvalue weighted by Crippen LogP contribution is -2.48. The summed E-state index contributed by atoms with van der Waals surface area (Å²) < 4.78 is 40.4. The molecule has 0 bridgehead atoms. The van der Waals surface area contributed by atoms with Crippen molar-refractivity contribution < 1.29 is 12.8 Å². The average Bonchev–Trinajstić information content (AvgIpc) is 3.24. The van der Waals surface area contributed by atoms with Gasteiger partial charge in [-0.15, -0.1) is 11.3 Å². The van der Waals surface area contributed by atoms with Gasteiger partial charge in [0.2, 0.25) is 10.0 Å². The number of aromatic nitrogens is 1. The second kappa shape index (κ2) is 7.91. The standard InChI is InChI=1S/C20H17FN4O2S2/c21-17-7-5-15(6-8-17)18-14-28-20(23-18)24-9-11-25(12-10-24)29(26,27)19-4-2-1-3-16(19)13-22/h1-8,14H,9-12H2. The SMILES string of the molecule is N#Cc1ccccc1S(=O)(=O)N1CCN(c2nc(-c3ccc(F)cc3)cs2)CC1. The molecule has 0 unspecified atom stereocenters. The molecular weight excluding hydrogens is 411 g/mol. The van der Waals surface area contributed by atoms with Crippen LogP contribution < -0.4 is 4.90 Å². The lowest BCUT2D eigenvalue weighted by atomic mass is 10.2. The average molecular weight is 429 g/mol. The molecule has 29 heavy (non-hydrogen) atoms. The predicted octanol–water partition coefficient (Wildman–Crippen LogP) is 3.33. The first kappa shape index (κ1) is 19.5. The van der Waals surface area contributed by atoms with E-state index < -0.39 is 10.0 Å². The molecule has 1 aromatic heterocycles. The molecule has 9 heteroatoms. The van der Waals surface area contributed by atoms with E-state index in [1.165, 1.54) is 39.9 Å². The summed E-state index contributed by atoms with van der Waals surface area (Å²) in [5.74, 6) is -0.292. The molecule has 0 radical (unpaired) electrons. The molecule has 0 atom stereocenters. The predicted molar refractivity (Wildman–Crippen MR) is 110 cm³/mol. The Kier molecular flexibility index (Phi) is 5.32. The Labute approximate surface area is 172 Å². The fourth-order valence-corrected chi connectivity index (χ4v) is 5.66. The normalized spacial score (nSPS) is 15.2. The number of nitriles is 1. The maximum Gasteiger partial charge on any atom is 0.244 e. The van der Waals surface area contributed by atoms with Gasteiger partial charge in [0.05, 0.1) is 16.2 Å². The summed E-state index contributed by atoms with van der Waals surface area (Å²) >= 11 is 1.48. The highest BCUT2D eigenvalue weighted by Gasteiger charge is 2.31. The number of anilines is 1. The fraction of sp³-hybridized carbons (Fsp3) is 0.200. The molecule has 4 rings (SSSR count). The Morgan fingerprint density at radius 2 is 1.72 bits per heavy atom. The van der Waals surface area contributed by atoms with Gasteiger partial charge in [-0.05, 0) is 36.4 Å². The highest BCUT2D eigenvalue weighted by molar-refractivity contribution is 7.89. The summed E-state index contributed by atoms with van der Waals surface area (Å²) in [6.45, 7) is 1.63. The third-order valence-corrected chi connectivity index (χ3v) is 7.62. The molecule has 148 valence electrons. The maximum absolute atomic E-state index is 13.1. The summed E-state index contributed by atoms with van der Waals surface area (Å²) in [5, 5.41) is 11.9. The molecule has 1 aliphatic heterocycles. The van der Waals surface area contributed by atoms with Gasteiger partial charge in [-0.3, -0.25) is 0 Å². The van der Waals surface area contributed by atoms with Crippen LogP contribution in [0.15, 0.2) is 58.8 Å². The van der Waals surface area contributed by atoms with Crippen LogP contribution in [0.5, 0.6) is 0 Å². The number of benzene rings is 2. The van der Waals surface area contributed by atoms with E-state index in [0.29, 0.717) is 26.2 Å². The lowest BCUT2D eigenvalue weighted by molar-refractivity contribution is 0.384. The van der Waals surface area contributed by atoms with Gasteiger partial charge in [0, 0.05) is 37.1 Å². The molecule has 6 nitrogen and oxygen atoms in total. The van der Waals surface area contributed by atoms with Crippen molar-refractivity contribution in [2.45, 2.75) is 4.90 Å². The van der Waals surface area contributed by atoms with Crippen LogP contribution in [0.4, 0.5) is 9.52 Å². The molecule has 0 N–H and O–H groups in total. The van der Waals surface area contributed by atoms with Crippen molar-refractivity contribution >= 4 is 26.5 Å². The zero-order valence-electron chi connectivity index (χ0n) is 15.3. The molecule has 0 saturated carbocycles. The van der Waals surface area contributed by atoms with Crippen LogP contribution in [0.3, 0.4) is 0 Å². The Balaban J connectivity index is 1.47. The lowest BCUT2D eigenvalue weighted by Gasteiger charge is -2.33. The van der Waals surface area contributed by atoms with Crippen molar-refractivity contribution in [3.8, 4) is 17.3 Å². The minimum atomic E-state index is -3.72. The largest absolute Gasteiger partial charge is 0.345 e. The summed E-state index contributed by atoms with van der Waals surface area (Å²) in [4.78, 5) is 6.70. The van der Waals surface area contributed by atoms with Crippen LogP contribution in [0.25, 0.3) is 11.3 Å². The smallest absolute Gasteiger partial charge is 0.244 e. The molecule has 0 aliphatic carbocycles. The van der Waals surface area contributed by atoms with E-state index >= 15 is 0 Å². The monoisotopic (exact) mass is 428 g/mol. The van der Waals surface area contributed by atoms with Crippen molar-refractivity contribution in [1.29, 1.82) is 5.26 Å². The first-order valence-corrected chi connectivity index (χ1v) is 11.3. The Bertz CT molecular complexity index is 1160. The molecule has 2 aromatic carbocycles. The minimum absolute atomic E-state index is 0.0452. The number of piperazine rings is 1. The Morgan fingerprint density at radius 3 is 2.41 bits per heavy atom. The molecule has 2 heterocycles. The summed E-state index contributed by atoms with van der Waals surface area (Å²) in [7, 11) is -3.72. The van der Waals surface area contributed by atoms with E-state index in [-0.39, 0.29) is 16.3 Å². The maximum atomic E-state index is 13.1. The number of sulfonamides is 1. The minimum Gasteiger partial charge on any atom is -0.345 e. The summed E-state index contributed by atoms with van der Waals surface area (Å²) in [6.07, 6.45) is 0. The fourth-order valence-electron chi connectivity index (χ4n) is 3.21. The molecule has 3 aromatic rings. The van der Waals surface area contributed by atoms with Crippen molar-refractivity contribution in [2.75, 3.05) is 31.1 Å². The Hall–Kier alpha value is -2.80. The van der Waals surface area contributed by atoms with Crippen LogP contribution in [0.2, 0.25) is 0 Å². The summed E-state index contributed by atoms with van der Waals surface area (Å²) in [5.41, 5.74) is 1.75. The van der Waals surface area contributed by atoms with Gasteiger partial charge >= 0.3 is 0 Å². The number of halogens is 1. The van der Waals surface area contributed by atoms with Gasteiger partial charge < -0.3 is 4.90 Å². The van der Waals surface area contributed by atoms with Gasteiger partial charge in [0.1, 0.15) is 11.9 Å². The van der Waals surface area contributed by atoms with Gasteiger partial charge in [-0.25, -0.2) is 17.8 Å². The molecule has 1 saturated heterocycles. The quantitative estimate of drug-likeness (QED) is 0.637. The van der Waals surface area contributed by atoms with E-state index in [4.69, 9.17) is 0 Å². The zero-order chi connectivity index (χ0) is 20.4. The zero-order valence-corrected chi connectivity index (χ0v) is 17.0. The van der Waals surface area contributed by atoms with Crippen LogP contribution in [-0.4, -0.2) is 43.9 Å². The molecule has 0 spiro atoms. The van der Waals surface area contributed by atoms with Crippen molar-refractivity contribution in [3.05, 3.63) is 65.3 Å². The van der Waals surface area contributed by atoms with E-state index in [1.54, 1.807) is 24.3 Å². The molecule has 1 aliphatic rings. The van der Waals surface area contributed by atoms with Gasteiger partial charge in [0.15, 0.2) is 5.13 Å². The van der Waals surface area contributed by atoms with Gasteiger partial charge in [0.25, 0.3) is 0 Å². The topological polar surface area (TPSA) is 77.3 Å². The van der Waals surface area contributed by atoms with E-state index in [0.717, 1.165) is 16.4 Å². The number of nitrogens with zero attached hydrogens (tertiary/aromatic N) is 4. The van der Waals surface area contributed by atoms with Gasteiger partial charge in [-0.1, -0.05) is 12.1 Å². The van der Waals surface area contributed by atoms with Crippen molar-refractivity contribution in [1.82, 2.24) is 9.29 Å². The van der Waals surface area contributed by atoms with E-state index in [2.05, 4.69) is 4.98 Å². The highest BCUT2D eigenvalue weighted by Crippen LogP contribution is 2.29. The summed E-state index contributed by atoms with van der Waals surface area (Å²) in [6, 6.07) is 14.4. The van der Waals surface area contributed by atoms with Crippen LogP contribution in [0, 0.1) is 17.1 Å². The third-order valence-electron chi connectivity index (χ3n) is 4.77. The molecule has 1 fully saturated rings. The number of hydrogen-bond acceptors (Lipinski definition) is 6.